The van der Waals surface area contributed by atoms with Gasteiger partial charge in [-0.3, -0.25) is 14.4 Å². The third kappa shape index (κ3) is 8.99. The Hall–Kier alpha value is -4.11. The number of ether oxygens (including phenoxy) is 4. The molecule has 2 amide bonds. The van der Waals surface area contributed by atoms with Crippen molar-refractivity contribution < 1.29 is 43.2 Å². The fraction of sp³-hybridized carbons (Fsp3) is 0.415. The largest absolute Gasteiger partial charge is 0.460 e. The van der Waals surface area contributed by atoms with Crippen LogP contribution in [-0.2, 0) is 39.1 Å². The molecule has 3 aromatic rings. The van der Waals surface area contributed by atoms with Gasteiger partial charge in [0, 0.05) is 39.7 Å². The van der Waals surface area contributed by atoms with E-state index in [1.807, 2.05) is 72.8 Å². The Morgan fingerprint density at radius 2 is 1.60 bits per heavy atom. The maximum Gasteiger partial charge on any atom is 0.338 e. The molecule has 2 N–H and O–H groups in total. The lowest BCUT2D eigenvalue weighted by atomic mass is 9.91. The number of nitrogens with one attached hydrogen (secondary N) is 1. The zero-order chi connectivity index (χ0) is 37.8. The van der Waals surface area contributed by atoms with Crippen LogP contribution >= 0.6 is 22.6 Å². The molecule has 0 unspecified atom stereocenters. The van der Waals surface area contributed by atoms with Gasteiger partial charge >= 0.3 is 11.9 Å². The van der Waals surface area contributed by atoms with Crippen LogP contribution in [-0.4, -0.2) is 82.9 Å². The van der Waals surface area contributed by atoms with Crippen molar-refractivity contribution in [3.63, 3.8) is 0 Å². The molecule has 0 spiro atoms. The summed E-state index contributed by atoms with van der Waals surface area (Å²) in [5, 5.41) is 12.8. The third-order valence-electron chi connectivity index (χ3n) is 9.50. The van der Waals surface area contributed by atoms with Crippen LogP contribution in [0, 0.1) is 3.57 Å². The van der Waals surface area contributed by atoms with Crippen molar-refractivity contribution in [2.45, 2.75) is 94.7 Å². The van der Waals surface area contributed by atoms with Crippen molar-refractivity contribution >= 4 is 46.3 Å². The molecule has 53 heavy (non-hydrogen) atoms. The summed E-state index contributed by atoms with van der Waals surface area (Å²) in [5.74, 6) is -3.12. The molecule has 0 saturated carbocycles. The van der Waals surface area contributed by atoms with Gasteiger partial charge < -0.3 is 34.3 Å². The Kier molecular flexibility index (Phi) is 12.0. The Bertz CT molecular complexity index is 1770. The standard InChI is InChI=1S/C41H45IN2O9/c1-40(2,3)52-35(46)21-20-31(25-45)43-37(47)32-15-10-22-44(32)38(48)27-23-33(50-39(49)26-16-18-30(42)19-17-26)36-34(24-27)51-41(53-36,28-11-6-4-7-12-28)29-13-8-5-9-14-29/h4-9,11-14,16-19,24,31-34,36,45H,10,15,20-23,25H2,1-3H3,(H,43,47)/t31-,32+,33+,34+,36-/m0/s1. The third-order valence-corrected chi connectivity index (χ3v) is 10.2. The second-order valence-corrected chi connectivity index (χ2v) is 15.8. The number of aliphatic hydroxyl groups excluding tert-OH is 1. The minimum absolute atomic E-state index is 0.0172. The first-order valence-corrected chi connectivity index (χ1v) is 19.0. The van der Waals surface area contributed by atoms with E-state index in [9.17, 15) is 24.3 Å². The van der Waals surface area contributed by atoms with Crippen LogP contribution in [0.1, 0.15) is 74.4 Å². The molecule has 6 rings (SSSR count). The average molecular weight is 837 g/mol. The van der Waals surface area contributed by atoms with E-state index >= 15 is 0 Å². The number of hydrogen-bond acceptors (Lipinski definition) is 9. The van der Waals surface area contributed by atoms with E-state index in [0.717, 1.165) is 14.7 Å². The molecular formula is C41H45IN2O9. The van der Waals surface area contributed by atoms with Gasteiger partial charge in [-0.25, -0.2) is 4.79 Å². The molecule has 3 aliphatic rings. The number of amides is 2. The van der Waals surface area contributed by atoms with E-state index in [2.05, 4.69) is 27.9 Å². The van der Waals surface area contributed by atoms with Crippen LogP contribution in [0.5, 0.6) is 0 Å². The molecule has 1 aliphatic carbocycles. The highest BCUT2D eigenvalue weighted by Crippen LogP contribution is 2.47. The SMILES string of the molecule is CC(C)(C)OC(=O)CC[C@@H](CO)NC(=O)[C@H]1CCCN1C(=O)C1=C[C@H]2OC(c3ccccc3)(c3ccccc3)O[C@H]2[C@H](OC(=O)c2ccc(I)cc2)C1. The van der Waals surface area contributed by atoms with E-state index in [0.29, 0.717) is 30.5 Å². The Labute approximate surface area is 323 Å². The molecule has 12 heteroatoms. The van der Waals surface area contributed by atoms with E-state index in [4.69, 9.17) is 18.9 Å². The van der Waals surface area contributed by atoms with Crippen molar-refractivity contribution in [3.8, 4) is 0 Å². The van der Waals surface area contributed by atoms with Gasteiger partial charge in [0.15, 0.2) is 0 Å². The van der Waals surface area contributed by atoms with E-state index in [1.165, 1.54) is 4.90 Å². The van der Waals surface area contributed by atoms with Gasteiger partial charge in [0.1, 0.15) is 30.0 Å². The van der Waals surface area contributed by atoms with Crippen LogP contribution in [0.4, 0.5) is 0 Å². The van der Waals surface area contributed by atoms with Gasteiger partial charge in [-0.05, 0) is 93.0 Å². The zero-order valence-corrected chi connectivity index (χ0v) is 32.2. The summed E-state index contributed by atoms with van der Waals surface area (Å²) in [5.41, 5.74) is 1.54. The molecule has 11 nitrogen and oxygen atoms in total. The lowest BCUT2D eigenvalue weighted by Crippen LogP contribution is -2.51. The molecule has 5 atom stereocenters. The first-order valence-electron chi connectivity index (χ1n) is 17.9. The first-order chi connectivity index (χ1) is 25.4. The number of carbonyl (C=O) groups excluding carboxylic acids is 4. The van der Waals surface area contributed by atoms with Gasteiger partial charge in [-0.1, -0.05) is 60.7 Å². The molecule has 0 radical (unpaired) electrons. The van der Waals surface area contributed by atoms with Crippen LogP contribution in [0.15, 0.2) is 96.6 Å². The summed E-state index contributed by atoms with van der Waals surface area (Å²) in [4.78, 5) is 55.3. The molecule has 2 aliphatic heterocycles. The highest BCUT2D eigenvalue weighted by atomic mass is 127. The second kappa shape index (κ2) is 16.5. The molecule has 2 fully saturated rings. The first kappa shape index (κ1) is 38.6. The number of carbonyl (C=O) groups is 4. The summed E-state index contributed by atoms with van der Waals surface area (Å²) >= 11 is 2.17. The topological polar surface area (TPSA) is 141 Å². The number of rotatable bonds is 11. The lowest BCUT2D eigenvalue weighted by molar-refractivity contribution is -0.157. The molecule has 0 bridgehead atoms. The summed E-state index contributed by atoms with van der Waals surface area (Å²) in [7, 11) is 0. The summed E-state index contributed by atoms with van der Waals surface area (Å²) in [6.45, 7) is 5.28. The number of fused-ring (bicyclic) bond motifs is 1. The highest BCUT2D eigenvalue weighted by Gasteiger charge is 2.55. The summed E-state index contributed by atoms with van der Waals surface area (Å²) < 4.78 is 26.1. The molecule has 0 aromatic heterocycles. The number of hydrogen-bond donors (Lipinski definition) is 2. The van der Waals surface area contributed by atoms with Crippen LogP contribution in [0.3, 0.4) is 0 Å². The zero-order valence-electron chi connectivity index (χ0n) is 30.0. The number of nitrogens with zero attached hydrogens (tertiary/aromatic N) is 1. The summed E-state index contributed by atoms with van der Waals surface area (Å²) in [6, 6.07) is 24.6. The normalized spacial score (nSPS) is 22.7. The molecule has 3 aromatic carbocycles. The van der Waals surface area contributed by atoms with Crippen molar-refractivity contribution in [3.05, 3.63) is 117 Å². The second-order valence-electron chi connectivity index (χ2n) is 14.5. The number of likely N-dealkylation sites (tertiary alicyclic amines) is 1. The maximum atomic E-state index is 14.4. The average Bonchev–Trinajstić information content (AvgIpc) is 3.80. The number of halogens is 1. The van der Waals surface area contributed by atoms with Gasteiger partial charge in [0.2, 0.25) is 17.6 Å². The predicted molar refractivity (Wildman–Crippen MR) is 203 cm³/mol. The molecular weight excluding hydrogens is 791 g/mol. The van der Waals surface area contributed by atoms with E-state index in [1.54, 1.807) is 39.0 Å². The highest BCUT2D eigenvalue weighted by molar-refractivity contribution is 14.1. The number of aliphatic hydroxyl groups is 1. The fourth-order valence-corrected chi connectivity index (χ4v) is 7.39. The molecule has 2 heterocycles. The van der Waals surface area contributed by atoms with Crippen molar-refractivity contribution in [1.82, 2.24) is 10.2 Å². The van der Waals surface area contributed by atoms with Gasteiger partial charge in [0.25, 0.3) is 0 Å². The molecule has 2 saturated heterocycles. The van der Waals surface area contributed by atoms with Gasteiger partial charge in [-0.15, -0.1) is 0 Å². The minimum atomic E-state index is -1.35. The van der Waals surface area contributed by atoms with Crippen molar-refractivity contribution in [1.29, 1.82) is 0 Å². The molecule has 280 valence electrons. The van der Waals surface area contributed by atoms with E-state index < -0.39 is 59.6 Å². The Morgan fingerprint density at radius 1 is 0.962 bits per heavy atom. The summed E-state index contributed by atoms with van der Waals surface area (Å²) in [6.07, 6.45) is 0.570. The minimum Gasteiger partial charge on any atom is -0.460 e. The van der Waals surface area contributed by atoms with Crippen LogP contribution in [0.2, 0.25) is 0 Å². The Morgan fingerprint density at radius 3 is 2.21 bits per heavy atom. The maximum absolute atomic E-state index is 14.4. The van der Waals surface area contributed by atoms with Crippen LogP contribution in [0.25, 0.3) is 0 Å². The van der Waals surface area contributed by atoms with E-state index in [-0.39, 0.29) is 31.8 Å². The van der Waals surface area contributed by atoms with Gasteiger partial charge in [-0.2, -0.15) is 0 Å². The van der Waals surface area contributed by atoms with Gasteiger partial charge in [0.05, 0.1) is 18.2 Å². The fourth-order valence-electron chi connectivity index (χ4n) is 7.03. The van der Waals surface area contributed by atoms with Crippen molar-refractivity contribution in [2.24, 2.45) is 0 Å². The smallest absolute Gasteiger partial charge is 0.338 e. The Balaban J connectivity index is 1.25. The lowest BCUT2D eigenvalue weighted by Gasteiger charge is -2.33. The number of esters is 2. The quantitative estimate of drug-likeness (QED) is 0.192. The monoisotopic (exact) mass is 836 g/mol. The van der Waals surface area contributed by atoms with Crippen LogP contribution < -0.4 is 5.32 Å². The predicted octanol–water partition coefficient (Wildman–Crippen LogP) is 5.42. The van der Waals surface area contributed by atoms with Crippen molar-refractivity contribution in [2.75, 3.05) is 13.2 Å². The number of benzene rings is 3.